The van der Waals surface area contributed by atoms with Gasteiger partial charge in [0.2, 0.25) is 5.92 Å². The van der Waals surface area contributed by atoms with Crippen LogP contribution in [0.4, 0.5) is 8.78 Å². The Labute approximate surface area is 88.4 Å². The number of halogens is 2. The number of carbonyl (C=O) groups excluding carboxylic acids is 1. The van der Waals surface area contributed by atoms with Crippen molar-refractivity contribution in [3.63, 3.8) is 0 Å². The summed E-state index contributed by atoms with van der Waals surface area (Å²) in [6.07, 6.45) is 1.63. The van der Waals surface area contributed by atoms with Gasteiger partial charge in [-0.1, -0.05) is 0 Å². The Morgan fingerprint density at radius 3 is 2.73 bits per heavy atom. The first kappa shape index (κ1) is 11.0. The summed E-state index contributed by atoms with van der Waals surface area (Å²) in [6.45, 7) is 1.62. The first-order valence-electron chi connectivity index (χ1n) is 5.68. The van der Waals surface area contributed by atoms with Gasteiger partial charge in [-0.2, -0.15) is 0 Å². The Kier molecular flexibility index (Phi) is 3.05. The number of carbonyl (C=O) groups is 1. The molecule has 0 bridgehead atoms. The van der Waals surface area contributed by atoms with Crippen LogP contribution < -0.4 is 5.32 Å². The third-order valence-corrected chi connectivity index (χ3v) is 3.51. The van der Waals surface area contributed by atoms with Gasteiger partial charge in [-0.3, -0.25) is 4.79 Å². The lowest BCUT2D eigenvalue weighted by atomic mass is 9.93. The summed E-state index contributed by atoms with van der Waals surface area (Å²) < 4.78 is 25.8. The second-order valence-corrected chi connectivity index (χ2v) is 4.82. The van der Waals surface area contributed by atoms with Crippen molar-refractivity contribution < 1.29 is 13.6 Å². The van der Waals surface area contributed by atoms with Crippen LogP contribution in [-0.2, 0) is 4.79 Å². The maximum Gasteiger partial charge on any atom is 0.248 e. The number of alkyl halides is 2. The molecular formula is C11H17F2NO. The summed E-state index contributed by atoms with van der Waals surface area (Å²) in [4.78, 5) is 11.7. The third-order valence-electron chi connectivity index (χ3n) is 3.51. The number of rotatable bonds is 3. The molecule has 1 saturated carbocycles. The van der Waals surface area contributed by atoms with Crippen LogP contribution in [0.1, 0.15) is 32.1 Å². The molecule has 0 aromatic rings. The molecule has 0 aromatic carbocycles. The normalized spacial score (nSPS) is 34.5. The predicted octanol–water partition coefficient (Wildman–Crippen LogP) is 1.99. The highest BCUT2D eigenvalue weighted by molar-refractivity contribution is 5.81. The van der Waals surface area contributed by atoms with Crippen LogP contribution in [0.25, 0.3) is 0 Å². The van der Waals surface area contributed by atoms with E-state index in [0.29, 0.717) is 12.8 Å². The lowest BCUT2D eigenvalue weighted by molar-refractivity contribution is -0.123. The Bertz CT molecular complexity index is 249. The molecule has 0 spiro atoms. The summed E-state index contributed by atoms with van der Waals surface area (Å²) >= 11 is 0. The Hall–Kier alpha value is -0.510. The van der Waals surface area contributed by atoms with E-state index in [1.54, 1.807) is 0 Å². The predicted molar refractivity (Wildman–Crippen MR) is 52.9 cm³/mol. The second kappa shape index (κ2) is 4.16. The smallest absolute Gasteiger partial charge is 0.248 e. The topological polar surface area (TPSA) is 29.1 Å². The molecule has 2 fully saturated rings. The summed E-state index contributed by atoms with van der Waals surface area (Å²) in [5.41, 5.74) is 0. The largest absolute Gasteiger partial charge is 0.316 e. The average molecular weight is 217 g/mol. The monoisotopic (exact) mass is 217 g/mol. The van der Waals surface area contributed by atoms with Crippen LogP contribution in [0.2, 0.25) is 0 Å². The Morgan fingerprint density at radius 1 is 1.40 bits per heavy atom. The molecule has 1 saturated heterocycles. The minimum absolute atomic E-state index is 0.0339. The van der Waals surface area contributed by atoms with E-state index in [-0.39, 0.29) is 30.5 Å². The quantitative estimate of drug-likeness (QED) is 0.783. The lowest BCUT2D eigenvalue weighted by Gasteiger charge is -2.12. The summed E-state index contributed by atoms with van der Waals surface area (Å²) in [5.74, 6) is -2.33. The molecule has 4 heteroatoms. The molecule has 2 atom stereocenters. The van der Waals surface area contributed by atoms with E-state index in [9.17, 15) is 13.6 Å². The van der Waals surface area contributed by atoms with E-state index >= 15 is 0 Å². The standard InChI is InChI=1S/C11H17F2NO/c12-11(13)3-1-8(6-11)5-10(15)9-2-4-14-7-9/h8-9,14H,1-7H2. The zero-order valence-electron chi connectivity index (χ0n) is 8.77. The van der Waals surface area contributed by atoms with E-state index in [1.807, 2.05) is 0 Å². The van der Waals surface area contributed by atoms with E-state index < -0.39 is 5.92 Å². The molecule has 0 aromatic heterocycles. The molecule has 0 amide bonds. The molecule has 1 heterocycles. The Balaban J connectivity index is 1.79. The first-order valence-corrected chi connectivity index (χ1v) is 5.68. The second-order valence-electron chi connectivity index (χ2n) is 4.82. The summed E-state index contributed by atoms with van der Waals surface area (Å²) in [7, 11) is 0. The summed E-state index contributed by atoms with van der Waals surface area (Å²) in [6, 6.07) is 0. The zero-order chi connectivity index (χ0) is 10.9. The number of nitrogens with one attached hydrogen (secondary N) is 1. The minimum Gasteiger partial charge on any atom is -0.316 e. The SMILES string of the molecule is O=C(CC1CCC(F)(F)C1)C1CCNC1. The zero-order valence-corrected chi connectivity index (χ0v) is 8.77. The molecule has 2 nitrogen and oxygen atoms in total. The van der Waals surface area contributed by atoms with Gasteiger partial charge < -0.3 is 5.32 Å². The highest BCUT2D eigenvalue weighted by atomic mass is 19.3. The molecule has 2 aliphatic rings. The van der Waals surface area contributed by atoms with Crippen LogP contribution in [0, 0.1) is 11.8 Å². The van der Waals surface area contributed by atoms with Gasteiger partial charge in [0.15, 0.2) is 0 Å². The van der Waals surface area contributed by atoms with Gasteiger partial charge in [-0.05, 0) is 25.3 Å². The van der Waals surface area contributed by atoms with E-state index in [0.717, 1.165) is 19.5 Å². The fourth-order valence-corrected chi connectivity index (χ4v) is 2.60. The molecule has 0 radical (unpaired) electrons. The van der Waals surface area contributed by atoms with Crippen molar-refractivity contribution in [1.82, 2.24) is 5.32 Å². The number of Topliss-reactive ketones (excluding diaryl/α,β-unsaturated/α-hetero) is 1. The van der Waals surface area contributed by atoms with Crippen molar-refractivity contribution in [2.45, 2.75) is 38.0 Å². The number of hydrogen-bond acceptors (Lipinski definition) is 2. The molecule has 1 aliphatic heterocycles. The van der Waals surface area contributed by atoms with Gasteiger partial charge in [0.25, 0.3) is 0 Å². The van der Waals surface area contributed by atoms with E-state index in [1.165, 1.54) is 0 Å². The van der Waals surface area contributed by atoms with Gasteiger partial charge in [-0.15, -0.1) is 0 Å². The van der Waals surface area contributed by atoms with E-state index in [4.69, 9.17) is 0 Å². The maximum absolute atomic E-state index is 12.9. The van der Waals surface area contributed by atoms with Gasteiger partial charge in [0, 0.05) is 31.7 Å². The van der Waals surface area contributed by atoms with Crippen LogP contribution >= 0.6 is 0 Å². The van der Waals surface area contributed by atoms with Crippen molar-refractivity contribution >= 4 is 5.78 Å². The van der Waals surface area contributed by atoms with Gasteiger partial charge in [0.05, 0.1) is 0 Å². The lowest BCUT2D eigenvalue weighted by Crippen LogP contribution is -2.20. The van der Waals surface area contributed by atoms with Gasteiger partial charge >= 0.3 is 0 Å². The fourth-order valence-electron chi connectivity index (χ4n) is 2.60. The first-order chi connectivity index (χ1) is 7.07. The number of hydrogen-bond donors (Lipinski definition) is 1. The molecule has 2 unspecified atom stereocenters. The fraction of sp³-hybridized carbons (Fsp3) is 0.909. The van der Waals surface area contributed by atoms with Crippen molar-refractivity contribution in [3.05, 3.63) is 0 Å². The Morgan fingerprint density at radius 2 is 2.20 bits per heavy atom. The molecular weight excluding hydrogens is 200 g/mol. The van der Waals surface area contributed by atoms with Gasteiger partial charge in [0.1, 0.15) is 5.78 Å². The molecule has 1 N–H and O–H groups in total. The third kappa shape index (κ3) is 2.74. The molecule has 1 aliphatic carbocycles. The molecule has 2 rings (SSSR count). The molecule has 15 heavy (non-hydrogen) atoms. The summed E-state index contributed by atoms with van der Waals surface area (Å²) in [5, 5.41) is 3.13. The van der Waals surface area contributed by atoms with Crippen molar-refractivity contribution in [2.24, 2.45) is 11.8 Å². The van der Waals surface area contributed by atoms with Crippen LogP contribution in [0.3, 0.4) is 0 Å². The molecule has 86 valence electrons. The van der Waals surface area contributed by atoms with Crippen molar-refractivity contribution in [1.29, 1.82) is 0 Å². The van der Waals surface area contributed by atoms with Crippen LogP contribution in [-0.4, -0.2) is 24.8 Å². The van der Waals surface area contributed by atoms with Crippen molar-refractivity contribution in [2.75, 3.05) is 13.1 Å². The average Bonchev–Trinajstić information content (AvgIpc) is 2.74. The maximum atomic E-state index is 12.9. The highest BCUT2D eigenvalue weighted by Gasteiger charge is 2.40. The van der Waals surface area contributed by atoms with Gasteiger partial charge in [-0.25, -0.2) is 8.78 Å². The van der Waals surface area contributed by atoms with E-state index in [2.05, 4.69) is 5.32 Å². The van der Waals surface area contributed by atoms with Crippen LogP contribution in [0.5, 0.6) is 0 Å². The minimum atomic E-state index is -2.52. The highest BCUT2D eigenvalue weighted by Crippen LogP contribution is 2.40. The number of ketones is 1. The van der Waals surface area contributed by atoms with Crippen LogP contribution in [0.15, 0.2) is 0 Å². The van der Waals surface area contributed by atoms with Crippen molar-refractivity contribution in [3.8, 4) is 0 Å².